The van der Waals surface area contributed by atoms with E-state index in [0.717, 1.165) is 10.1 Å². The number of thioether (sulfide) groups is 1. The second kappa shape index (κ2) is 7.58. The molecule has 0 saturated carbocycles. The summed E-state index contributed by atoms with van der Waals surface area (Å²) in [4.78, 5) is 41.9. The number of anilines is 1. The van der Waals surface area contributed by atoms with Gasteiger partial charge in [-0.05, 0) is 36.8 Å². The van der Waals surface area contributed by atoms with Gasteiger partial charge in [-0.3, -0.25) is 18.7 Å². The Labute approximate surface area is 164 Å². The molecule has 0 spiro atoms. The van der Waals surface area contributed by atoms with Gasteiger partial charge in [0.15, 0.2) is 0 Å². The number of aromatic nitrogens is 3. The molecule has 2 heterocycles. The Balaban J connectivity index is 1.92. The molecule has 1 N–H and O–H groups in total. The number of halogens is 1. The number of hydrogen-bond acceptors (Lipinski definition) is 5. The van der Waals surface area contributed by atoms with E-state index in [4.69, 9.17) is 11.6 Å². The zero-order chi connectivity index (χ0) is 19.7. The van der Waals surface area contributed by atoms with Crippen LogP contribution in [0.25, 0.3) is 11.0 Å². The first-order valence-electron chi connectivity index (χ1n) is 8.03. The summed E-state index contributed by atoms with van der Waals surface area (Å²) in [5.41, 5.74) is 0.835. The molecular weight excluding hydrogens is 388 g/mol. The summed E-state index contributed by atoms with van der Waals surface area (Å²) in [5, 5.41) is 3.70. The smallest absolute Gasteiger partial charge is 0.325 e. The van der Waals surface area contributed by atoms with Gasteiger partial charge in [0.05, 0.1) is 11.1 Å². The number of benzene rings is 1. The zero-order valence-electron chi connectivity index (χ0n) is 14.9. The molecule has 0 aliphatic carbocycles. The van der Waals surface area contributed by atoms with E-state index in [0.29, 0.717) is 26.6 Å². The zero-order valence-corrected chi connectivity index (χ0v) is 16.5. The molecule has 0 fully saturated rings. The van der Waals surface area contributed by atoms with Crippen molar-refractivity contribution in [2.75, 3.05) is 11.1 Å². The van der Waals surface area contributed by atoms with Crippen LogP contribution in [0.3, 0.4) is 0 Å². The van der Waals surface area contributed by atoms with Crippen LogP contribution < -0.4 is 16.6 Å². The highest BCUT2D eigenvalue weighted by Gasteiger charge is 2.17. The van der Waals surface area contributed by atoms with E-state index < -0.39 is 11.2 Å². The monoisotopic (exact) mass is 404 g/mol. The highest BCUT2D eigenvalue weighted by molar-refractivity contribution is 8.00. The third-order valence-electron chi connectivity index (χ3n) is 4.07. The molecule has 1 aromatic carbocycles. The van der Waals surface area contributed by atoms with Crippen molar-refractivity contribution >= 4 is 46.0 Å². The van der Waals surface area contributed by atoms with Crippen LogP contribution in [0.15, 0.2) is 44.9 Å². The second-order valence-electron chi connectivity index (χ2n) is 6.02. The van der Waals surface area contributed by atoms with Crippen molar-refractivity contribution in [2.45, 2.75) is 11.8 Å². The lowest BCUT2D eigenvalue weighted by Crippen LogP contribution is -2.37. The van der Waals surface area contributed by atoms with Gasteiger partial charge in [-0.25, -0.2) is 9.78 Å². The average Bonchev–Trinajstić information content (AvgIpc) is 2.65. The van der Waals surface area contributed by atoms with E-state index in [-0.39, 0.29) is 11.7 Å². The standard InChI is InChI=1S/C18H17ClN4O3S/c1-10-8-20-16-14(17(25)23(3)18(26)22(16)2)15(10)27-9-13(24)21-12-6-4-11(19)5-7-12/h4-8H,9H2,1-3H3,(H,21,24). The van der Waals surface area contributed by atoms with Gasteiger partial charge in [0.2, 0.25) is 5.91 Å². The number of hydrogen-bond donors (Lipinski definition) is 1. The number of fused-ring (bicyclic) bond motifs is 1. The average molecular weight is 405 g/mol. The Bertz CT molecular complexity index is 1150. The largest absolute Gasteiger partial charge is 0.332 e. The Morgan fingerprint density at radius 2 is 1.85 bits per heavy atom. The fraction of sp³-hybridized carbons (Fsp3) is 0.222. The van der Waals surface area contributed by atoms with E-state index in [2.05, 4.69) is 10.3 Å². The maximum Gasteiger partial charge on any atom is 0.332 e. The van der Waals surface area contributed by atoms with Crippen LogP contribution in [-0.4, -0.2) is 25.8 Å². The minimum atomic E-state index is -0.444. The second-order valence-corrected chi connectivity index (χ2v) is 7.44. The van der Waals surface area contributed by atoms with Gasteiger partial charge in [0.1, 0.15) is 5.65 Å². The van der Waals surface area contributed by atoms with Gasteiger partial charge >= 0.3 is 5.69 Å². The number of amides is 1. The fourth-order valence-electron chi connectivity index (χ4n) is 2.65. The van der Waals surface area contributed by atoms with Gasteiger partial charge in [0, 0.05) is 35.9 Å². The van der Waals surface area contributed by atoms with E-state index in [1.165, 1.54) is 23.4 Å². The quantitative estimate of drug-likeness (QED) is 0.674. The van der Waals surface area contributed by atoms with Crippen LogP contribution in [0, 0.1) is 6.92 Å². The van der Waals surface area contributed by atoms with Gasteiger partial charge in [-0.15, -0.1) is 11.8 Å². The summed E-state index contributed by atoms with van der Waals surface area (Å²) in [6.07, 6.45) is 1.60. The van der Waals surface area contributed by atoms with Crippen LogP contribution in [-0.2, 0) is 18.9 Å². The molecule has 3 rings (SSSR count). The molecule has 1 amide bonds. The highest BCUT2D eigenvalue weighted by atomic mass is 35.5. The number of carbonyl (C=O) groups is 1. The first kappa shape index (κ1) is 19.2. The van der Waals surface area contributed by atoms with Crippen LogP contribution >= 0.6 is 23.4 Å². The highest BCUT2D eigenvalue weighted by Crippen LogP contribution is 2.27. The third kappa shape index (κ3) is 3.77. The fourth-order valence-corrected chi connectivity index (χ4v) is 3.73. The maximum absolute atomic E-state index is 12.6. The predicted molar refractivity (Wildman–Crippen MR) is 108 cm³/mol. The van der Waals surface area contributed by atoms with Crippen LogP contribution in [0.5, 0.6) is 0 Å². The van der Waals surface area contributed by atoms with Crippen molar-refractivity contribution in [3.63, 3.8) is 0 Å². The lowest BCUT2D eigenvalue weighted by Gasteiger charge is -2.12. The molecule has 2 aromatic heterocycles. The first-order valence-corrected chi connectivity index (χ1v) is 9.39. The molecular formula is C18H17ClN4O3S. The van der Waals surface area contributed by atoms with Crippen molar-refractivity contribution < 1.29 is 4.79 Å². The topological polar surface area (TPSA) is 86.0 Å². The number of aryl methyl sites for hydroxylation is 2. The number of rotatable bonds is 4. The molecule has 0 bridgehead atoms. The first-order chi connectivity index (χ1) is 12.8. The Hall–Kier alpha value is -2.58. The number of nitrogens with one attached hydrogen (secondary N) is 1. The number of pyridine rings is 1. The molecule has 0 unspecified atom stereocenters. The van der Waals surface area contributed by atoms with Gasteiger partial charge in [0.25, 0.3) is 5.56 Å². The normalized spacial score (nSPS) is 11.0. The van der Waals surface area contributed by atoms with Crippen LogP contribution in [0.1, 0.15) is 5.56 Å². The minimum Gasteiger partial charge on any atom is -0.325 e. The summed E-state index contributed by atoms with van der Waals surface area (Å²) in [6, 6.07) is 6.80. The Morgan fingerprint density at radius 3 is 2.52 bits per heavy atom. The molecule has 140 valence electrons. The third-order valence-corrected chi connectivity index (χ3v) is 5.55. The SMILES string of the molecule is Cc1cnc2c(c1SCC(=O)Nc1ccc(Cl)cc1)c(=O)n(C)c(=O)n2C. The van der Waals surface area contributed by atoms with Crippen LogP contribution in [0.2, 0.25) is 5.02 Å². The van der Waals surface area contributed by atoms with Crippen molar-refractivity contribution in [2.24, 2.45) is 14.1 Å². The predicted octanol–water partition coefficient (Wildman–Crippen LogP) is 2.32. The molecule has 7 nitrogen and oxygen atoms in total. The van der Waals surface area contributed by atoms with Gasteiger partial charge < -0.3 is 5.32 Å². The van der Waals surface area contributed by atoms with Crippen molar-refractivity contribution in [3.05, 3.63) is 61.9 Å². The van der Waals surface area contributed by atoms with Crippen molar-refractivity contribution in [1.82, 2.24) is 14.1 Å². The van der Waals surface area contributed by atoms with E-state index in [1.807, 2.05) is 6.92 Å². The molecule has 0 radical (unpaired) electrons. The lowest BCUT2D eigenvalue weighted by molar-refractivity contribution is -0.113. The van der Waals surface area contributed by atoms with Crippen molar-refractivity contribution in [1.29, 1.82) is 0 Å². The number of carbonyl (C=O) groups excluding carboxylic acids is 1. The van der Waals surface area contributed by atoms with Crippen molar-refractivity contribution in [3.8, 4) is 0 Å². The van der Waals surface area contributed by atoms with Gasteiger partial charge in [-0.2, -0.15) is 0 Å². The lowest BCUT2D eigenvalue weighted by atomic mass is 10.2. The maximum atomic E-state index is 12.6. The molecule has 9 heteroatoms. The molecule has 0 saturated heterocycles. The Morgan fingerprint density at radius 1 is 1.19 bits per heavy atom. The number of nitrogens with zero attached hydrogens (tertiary/aromatic N) is 3. The van der Waals surface area contributed by atoms with Gasteiger partial charge in [-0.1, -0.05) is 11.6 Å². The van der Waals surface area contributed by atoms with Crippen LogP contribution in [0.4, 0.5) is 5.69 Å². The summed E-state index contributed by atoms with van der Waals surface area (Å²) in [6.45, 7) is 1.82. The molecule has 0 aliphatic rings. The summed E-state index contributed by atoms with van der Waals surface area (Å²) in [5.74, 6) is -0.109. The molecule has 0 aliphatic heterocycles. The Kier molecular flexibility index (Phi) is 5.38. The summed E-state index contributed by atoms with van der Waals surface area (Å²) >= 11 is 7.07. The summed E-state index contributed by atoms with van der Waals surface area (Å²) < 4.78 is 2.37. The molecule has 3 aromatic rings. The summed E-state index contributed by atoms with van der Waals surface area (Å²) in [7, 11) is 2.99. The molecule has 27 heavy (non-hydrogen) atoms. The van der Waals surface area contributed by atoms with E-state index >= 15 is 0 Å². The van der Waals surface area contributed by atoms with E-state index in [9.17, 15) is 14.4 Å². The van der Waals surface area contributed by atoms with E-state index in [1.54, 1.807) is 37.5 Å². The molecule has 0 atom stereocenters. The minimum absolute atomic E-state index is 0.106.